The number of likely N-dealkylation sites (tertiary alicyclic amines) is 1. The lowest BCUT2D eigenvalue weighted by molar-refractivity contribution is -0.128. The normalized spacial score (nSPS) is 20.9. The zero-order valence-electron chi connectivity index (χ0n) is 19.6. The Balaban J connectivity index is 1.55. The third-order valence-corrected chi connectivity index (χ3v) is 7.61. The van der Waals surface area contributed by atoms with Crippen LogP contribution in [0.5, 0.6) is 6.01 Å². The molecule has 1 aromatic carbocycles. The lowest BCUT2D eigenvalue weighted by Crippen LogP contribution is -2.55. The Morgan fingerprint density at radius 2 is 2.23 bits per heavy atom. The third-order valence-electron chi connectivity index (χ3n) is 6.95. The highest BCUT2D eigenvalue weighted by molar-refractivity contribution is 9.10. The van der Waals surface area contributed by atoms with E-state index in [2.05, 4.69) is 55.6 Å². The maximum atomic E-state index is 12.4. The molecule has 2 fully saturated rings. The highest BCUT2D eigenvalue weighted by atomic mass is 79.9. The molecule has 0 spiro atoms. The van der Waals surface area contributed by atoms with E-state index < -0.39 is 0 Å². The highest BCUT2D eigenvalue weighted by Gasteiger charge is 2.32. The van der Waals surface area contributed by atoms with Crippen LogP contribution in [-0.2, 0) is 4.79 Å². The molecule has 182 valence electrons. The molecular formula is C24H27BrN8O2. The van der Waals surface area contributed by atoms with Crippen LogP contribution in [0.1, 0.15) is 19.3 Å². The standard InChI is InChI=1S/C24H27BrN8O2/c1-3-20(34)33-10-9-32(13-15(33)6-7-26)23-21-19(11-18(25)17-12-27-30-22(17)21)28-24(29-23)35-14-16-5-4-8-31(16)2/h3,11-12,15-16H,1,4-6,8-10,13-14H2,2H3,(H,27,30)/t15-,16-/m0/s1. The van der Waals surface area contributed by atoms with Gasteiger partial charge in [-0.1, -0.05) is 6.58 Å². The molecule has 11 heteroatoms. The fourth-order valence-corrected chi connectivity index (χ4v) is 5.55. The number of amides is 1. The number of fused-ring (bicyclic) bond motifs is 3. The maximum absolute atomic E-state index is 12.4. The predicted octanol–water partition coefficient (Wildman–Crippen LogP) is 2.86. The van der Waals surface area contributed by atoms with Crippen LogP contribution in [0.2, 0.25) is 0 Å². The molecule has 2 atom stereocenters. The number of hydrogen-bond donors (Lipinski definition) is 1. The molecule has 0 bridgehead atoms. The summed E-state index contributed by atoms with van der Waals surface area (Å²) in [5.74, 6) is 0.544. The number of hydrogen-bond acceptors (Lipinski definition) is 8. The van der Waals surface area contributed by atoms with E-state index in [1.165, 1.54) is 6.08 Å². The van der Waals surface area contributed by atoms with Crippen LogP contribution in [0, 0.1) is 11.3 Å². The van der Waals surface area contributed by atoms with Crippen molar-refractivity contribution in [2.24, 2.45) is 0 Å². The Morgan fingerprint density at radius 1 is 1.37 bits per heavy atom. The van der Waals surface area contributed by atoms with Crippen LogP contribution in [0.4, 0.5) is 5.82 Å². The smallest absolute Gasteiger partial charge is 0.319 e. The molecule has 5 rings (SSSR count). The first kappa shape index (κ1) is 23.5. The molecule has 35 heavy (non-hydrogen) atoms. The monoisotopic (exact) mass is 538 g/mol. The van der Waals surface area contributed by atoms with E-state index in [4.69, 9.17) is 14.7 Å². The Hall–Kier alpha value is -3.23. The summed E-state index contributed by atoms with van der Waals surface area (Å²) in [5, 5.41) is 18.5. The summed E-state index contributed by atoms with van der Waals surface area (Å²) in [6.45, 7) is 6.69. The van der Waals surface area contributed by atoms with Gasteiger partial charge in [0.15, 0.2) is 0 Å². The van der Waals surface area contributed by atoms with Gasteiger partial charge >= 0.3 is 6.01 Å². The molecule has 0 unspecified atom stereocenters. The zero-order chi connectivity index (χ0) is 24.5. The van der Waals surface area contributed by atoms with Crippen molar-refractivity contribution in [3.8, 4) is 12.1 Å². The Kier molecular flexibility index (Phi) is 6.58. The minimum atomic E-state index is -0.270. The molecule has 0 radical (unpaired) electrons. The van der Waals surface area contributed by atoms with Crippen molar-refractivity contribution in [2.45, 2.75) is 31.3 Å². The molecule has 2 aliphatic heterocycles. The molecule has 2 aromatic heterocycles. The van der Waals surface area contributed by atoms with E-state index >= 15 is 0 Å². The third kappa shape index (κ3) is 4.44. The van der Waals surface area contributed by atoms with Crippen molar-refractivity contribution in [1.29, 1.82) is 5.26 Å². The number of carbonyl (C=O) groups is 1. The number of anilines is 1. The summed E-state index contributed by atoms with van der Waals surface area (Å²) in [6, 6.07) is 4.56. The quantitative estimate of drug-likeness (QED) is 0.476. The van der Waals surface area contributed by atoms with Crippen molar-refractivity contribution in [3.05, 3.63) is 29.4 Å². The van der Waals surface area contributed by atoms with Gasteiger partial charge in [0, 0.05) is 35.5 Å². The molecule has 1 amide bonds. The molecular weight excluding hydrogens is 512 g/mol. The van der Waals surface area contributed by atoms with Gasteiger partial charge in [0.1, 0.15) is 12.4 Å². The van der Waals surface area contributed by atoms with Crippen LogP contribution in [0.25, 0.3) is 21.8 Å². The van der Waals surface area contributed by atoms with Gasteiger partial charge in [-0.25, -0.2) is 0 Å². The number of carbonyl (C=O) groups excluding carboxylic acids is 1. The fraction of sp³-hybridized carbons (Fsp3) is 0.458. The van der Waals surface area contributed by atoms with Gasteiger partial charge in [0.05, 0.1) is 41.1 Å². The summed E-state index contributed by atoms with van der Waals surface area (Å²) >= 11 is 3.63. The minimum absolute atomic E-state index is 0.165. The lowest BCUT2D eigenvalue weighted by atomic mass is 10.1. The van der Waals surface area contributed by atoms with Crippen LogP contribution >= 0.6 is 15.9 Å². The number of nitriles is 1. The van der Waals surface area contributed by atoms with Crippen LogP contribution in [-0.4, -0.2) is 87.8 Å². The number of nitrogens with one attached hydrogen (secondary N) is 1. The van der Waals surface area contributed by atoms with Crippen LogP contribution in [0.15, 0.2) is 29.4 Å². The van der Waals surface area contributed by atoms with E-state index in [9.17, 15) is 10.1 Å². The van der Waals surface area contributed by atoms with Gasteiger partial charge < -0.3 is 19.4 Å². The van der Waals surface area contributed by atoms with Gasteiger partial charge in [-0.05, 0) is 54.5 Å². The lowest BCUT2D eigenvalue weighted by Gasteiger charge is -2.41. The second kappa shape index (κ2) is 9.79. The summed E-state index contributed by atoms with van der Waals surface area (Å²) in [5.41, 5.74) is 1.56. The Labute approximate surface area is 211 Å². The van der Waals surface area contributed by atoms with Crippen molar-refractivity contribution in [2.75, 3.05) is 44.7 Å². The summed E-state index contributed by atoms with van der Waals surface area (Å²) in [6.07, 6.45) is 5.54. The number of aromatic nitrogens is 4. The molecule has 1 N–H and O–H groups in total. The first-order valence-corrected chi connectivity index (χ1v) is 12.5. The first-order chi connectivity index (χ1) is 17.0. The molecule has 4 heterocycles. The van der Waals surface area contributed by atoms with Gasteiger partial charge in [0.25, 0.3) is 0 Å². The number of halogens is 1. The van der Waals surface area contributed by atoms with E-state index in [0.717, 1.165) is 45.7 Å². The number of ether oxygens (including phenoxy) is 1. The predicted molar refractivity (Wildman–Crippen MR) is 136 cm³/mol. The van der Waals surface area contributed by atoms with Gasteiger partial charge in [-0.15, -0.1) is 0 Å². The zero-order valence-corrected chi connectivity index (χ0v) is 21.2. The summed E-state index contributed by atoms with van der Waals surface area (Å²) < 4.78 is 7.00. The molecule has 10 nitrogen and oxygen atoms in total. The number of aromatic amines is 1. The second-order valence-electron chi connectivity index (χ2n) is 9.03. The van der Waals surface area contributed by atoms with E-state index in [1.807, 2.05) is 6.07 Å². The van der Waals surface area contributed by atoms with Gasteiger partial charge in [-0.2, -0.15) is 20.3 Å². The maximum Gasteiger partial charge on any atom is 0.319 e. The van der Waals surface area contributed by atoms with Crippen molar-refractivity contribution >= 4 is 49.5 Å². The molecule has 3 aromatic rings. The van der Waals surface area contributed by atoms with Crippen molar-refractivity contribution in [3.63, 3.8) is 0 Å². The molecule has 2 saturated heterocycles. The minimum Gasteiger partial charge on any atom is -0.462 e. The Morgan fingerprint density at radius 3 is 2.97 bits per heavy atom. The SMILES string of the molecule is C=CC(=O)N1CCN(c2nc(OC[C@@H]3CCCN3C)nc3cc(Br)c4cn[nH]c4c23)C[C@@H]1CC#N. The van der Waals surface area contributed by atoms with E-state index in [-0.39, 0.29) is 18.4 Å². The summed E-state index contributed by atoms with van der Waals surface area (Å²) in [4.78, 5) is 28.1. The van der Waals surface area contributed by atoms with E-state index in [1.54, 1.807) is 11.1 Å². The van der Waals surface area contributed by atoms with Crippen LogP contribution in [0.3, 0.4) is 0 Å². The topological polar surface area (TPSA) is 114 Å². The number of likely N-dealkylation sites (N-methyl/N-ethyl adjacent to an activating group) is 1. The average Bonchev–Trinajstić information content (AvgIpc) is 3.51. The number of H-pyrrole nitrogens is 1. The van der Waals surface area contributed by atoms with Crippen molar-refractivity contribution < 1.29 is 9.53 Å². The number of benzene rings is 1. The summed E-state index contributed by atoms with van der Waals surface area (Å²) in [7, 11) is 2.11. The first-order valence-electron chi connectivity index (χ1n) is 11.7. The fourth-order valence-electron chi connectivity index (χ4n) is 5.03. The second-order valence-corrected chi connectivity index (χ2v) is 9.88. The number of nitrogens with zero attached hydrogens (tertiary/aromatic N) is 7. The Bertz CT molecular complexity index is 1320. The number of piperazine rings is 1. The van der Waals surface area contributed by atoms with Gasteiger partial charge in [0.2, 0.25) is 5.91 Å². The number of rotatable bonds is 6. The average molecular weight is 539 g/mol. The van der Waals surface area contributed by atoms with Crippen molar-refractivity contribution in [1.82, 2.24) is 30.0 Å². The molecule has 0 saturated carbocycles. The highest BCUT2D eigenvalue weighted by Crippen LogP contribution is 2.36. The largest absolute Gasteiger partial charge is 0.462 e. The van der Waals surface area contributed by atoms with E-state index in [0.29, 0.717) is 44.1 Å². The molecule has 2 aliphatic rings. The van der Waals surface area contributed by atoms with Gasteiger partial charge in [-0.3, -0.25) is 9.89 Å². The molecule has 0 aliphatic carbocycles. The van der Waals surface area contributed by atoms with Crippen LogP contribution < -0.4 is 9.64 Å².